The molecule has 7 nitrogen and oxygen atoms in total. The molecule has 0 aliphatic carbocycles. The van der Waals surface area contributed by atoms with E-state index in [1.807, 2.05) is 12.1 Å². The van der Waals surface area contributed by atoms with Crippen molar-refractivity contribution in [1.82, 2.24) is 19.9 Å². The van der Waals surface area contributed by atoms with Crippen molar-refractivity contribution in [2.24, 2.45) is 0 Å². The number of likely N-dealkylation sites (N-methyl/N-ethyl adjacent to an activating group) is 1. The van der Waals surface area contributed by atoms with E-state index in [4.69, 9.17) is 12.2 Å². The van der Waals surface area contributed by atoms with Crippen LogP contribution in [0.1, 0.15) is 24.0 Å². The summed E-state index contributed by atoms with van der Waals surface area (Å²) in [5.74, 6) is 1.25. The molecule has 1 fully saturated rings. The minimum Gasteiger partial charge on any atom is -0.355 e. The molecule has 1 aromatic carbocycles. The number of benzene rings is 1. The van der Waals surface area contributed by atoms with Crippen molar-refractivity contribution < 1.29 is 13.2 Å². The van der Waals surface area contributed by atoms with Gasteiger partial charge in [0, 0.05) is 48.6 Å². The zero-order valence-corrected chi connectivity index (χ0v) is 20.7. The minimum atomic E-state index is -4.45. The summed E-state index contributed by atoms with van der Waals surface area (Å²) in [6.07, 6.45) is 1.58. The number of piperidine rings is 1. The number of alkyl halides is 3. The molecule has 1 unspecified atom stereocenters. The molecule has 0 saturated carbocycles. The number of nitrogens with one attached hydrogen (secondary N) is 2. The Morgan fingerprint density at radius 1 is 1.14 bits per heavy atom. The van der Waals surface area contributed by atoms with Crippen LogP contribution >= 0.6 is 12.2 Å². The van der Waals surface area contributed by atoms with Gasteiger partial charge in [0.15, 0.2) is 0 Å². The number of aromatic nitrogens is 3. The average molecular weight is 514 g/mol. The second-order valence-electron chi connectivity index (χ2n) is 9.29. The molecule has 2 aliphatic rings. The number of thiocarbonyl (C=S) groups is 1. The molecule has 2 aliphatic heterocycles. The summed E-state index contributed by atoms with van der Waals surface area (Å²) in [6, 6.07) is 7.94. The zero-order chi connectivity index (χ0) is 25.4. The van der Waals surface area contributed by atoms with Crippen molar-refractivity contribution >= 4 is 40.3 Å². The van der Waals surface area contributed by atoms with E-state index < -0.39 is 11.7 Å². The zero-order valence-electron chi connectivity index (χ0n) is 19.9. The van der Waals surface area contributed by atoms with Crippen LogP contribution in [0.5, 0.6) is 0 Å². The summed E-state index contributed by atoms with van der Waals surface area (Å²) in [4.78, 5) is 18.6. The second-order valence-corrected chi connectivity index (χ2v) is 9.78. The fourth-order valence-electron chi connectivity index (χ4n) is 4.59. The Hall–Kier alpha value is -3.31. The number of fused-ring (bicyclic) bond motifs is 3. The van der Waals surface area contributed by atoms with E-state index in [1.165, 1.54) is 12.5 Å². The van der Waals surface area contributed by atoms with Crippen LogP contribution in [-0.2, 0) is 12.6 Å². The molecular weight excluding hydrogens is 487 g/mol. The SMILES string of the molecule is CN(C)C1CCCN(c2ccc(Nc3ncc4c(n3)-c3ccc(C(F)(F)F)cc3NC(=S)C4)cn2)C1. The predicted molar refractivity (Wildman–Crippen MR) is 139 cm³/mol. The summed E-state index contributed by atoms with van der Waals surface area (Å²) < 4.78 is 39.8. The quantitative estimate of drug-likeness (QED) is 0.466. The number of halogens is 3. The van der Waals surface area contributed by atoms with Gasteiger partial charge >= 0.3 is 6.18 Å². The van der Waals surface area contributed by atoms with Gasteiger partial charge in [-0.15, -0.1) is 0 Å². The van der Waals surface area contributed by atoms with E-state index in [-0.39, 0.29) is 5.69 Å². The lowest BCUT2D eigenvalue weighted by molar-refractivity contribution is -0.137. The molecule has 4 heterocycles. The maximum absolute atomic E-state index is 13.3. The fraction of sp³-hybridized carbons (Fsp3) is 0.360. The second kappa shape index (κ2) is 9.62. The highest BCUT2D eigenvalue weighted by Crippen LogP contribution is 2.38. The van der Waals surface area contributed by atoms with Gasteiger partial charge in [-0.2, -0.15) is 13.2 Å². The van der Waals surface area contributed by atoms with Crippen molar-refractivity contribution in [2.75, 3.05) is 42.7 Å². The molecule has 0 bridgehead atoms. The minimum absolute atomic E-state index is 0.279. The first-order chi connectivity index (χ1) is 17.2. The molecule has 5 rings (SSSR count). The van der Waals surface area contributed by atoms with E-state index in [0.717, 1.165) is 48.7 Å². The summed E-state index contributed by atoms with van der Waals surface area (Å²) in [6.45, 7) is 1.91. The lowest BCUT2D eigenvalue weighted by Crippen LogP contribution is -2.45. The van der Waals surface area contributed by atoms with Crippen molar-refractivity contribution in [3.63, 3.8) is 0 Å². The van der Waals surface area contributed by atoms with E-state index in [9.17, 15) is 13.2 Å². The third-order valence-electron chi connectivity index (χ3n) is 6.55. The third kappa shape index (κ3) is 5.12. The predicted octanol–water partition coefficient (Wildman–Crippen LogP) is 5.13. The molecule has 0 amide bonds. The number of hydrogen-bond acceptors (Lipinski definition) is 7. The Labute approximate surface area is 212 Å². The van der Waals surface area contributed by atoms with Crippen LogP contribution in [0.2, 0.25) is 0 Å². The van der Waals surface area contributed by atoms with Crippen LogP contribution < -0.4 is 15.5 Å². The first-order valence-corrected chi connectivity index (χ1v) is 12.1. The van der Waals surface area contributed by atoms with Gasteiger partial charge in [0.1, 0.15) is 5.82 Å². The van der Waals surface area contributed by atoms with E-state index >= 15 is 0 Å². The van der Waals surface area contributed by atoms with E-state index in [0.29, 0.717) is 34.7 Å². The number of pyridine rings is 1. The van der Waals surface area contributed by atoms with Gasteiger partial charge in [0.2, 0.25) is 5.95 Å². The lowest BCUT2D eigenvalue weighted by Gasteiger charge is -2.36. The Bertz CT molecular complexity index is 1280. The van der Waals surface area contributed by atoms with Gasteiger partial charge < -0.3 is 20.4 Å². The topological polar surface area (TPSA) is 69.2 Å². The molecule has 2 N–H and O–H groups in total. The van der Waals surface area contributed by atoms with E-state index in [2.05, 4.69) is 49.5 Å². The first kappa shape index (κ1) is 24.4. The van der Waals surface area contributed by atoms with Gasteiger partial charge in [0.25, 0.3) is 0 Å². The van der Waals surface area contributed by atoms with Crippen LogP contribution in [0.4, 0.5) is 36.3 Å². The Morgan fingerprint density at radius 3 is 2.69 bits per heavy atom. The summed E-state index contributed by atoms with van der Waals surface area (Å²) >= 11 is 5.33. The summed E-state index contributed by atoms with van der Waals surface area (Å²) in [7, 11) is 4.21. The summed E-state index contributed by atoms with van der Waals surface area (Å²) in [5.41, 5.74) is 2.07. The van der Waals surface area contributed by atoms with Gasteiger partial charge in [0.05, 0.1) is 28.1 Å². The van der Waals surface area contributed by atoms with Crippen molar-refractivity contribution in [3.05, 3.63) is 53.9 Å². The molecule has 1 saturated heterocycles. The van der Waals surface area contributed by atoms with Crippen LogP contribution in [0.15, 0.2) is 42.7 Å². The van der Waals surface area contributed by atoms with Crippen molar-refractivity contribution in [2.45, 2.75) is 31.5 Å². The van der Waals surface area contributed by atoms with Crippen LogP contribution in [0, 0.1) is 0 Å². The van der Waals surface area contributed by atoms with Crippen molar-refractivity contribution in [3.8, 4) is 11.3 Å². The monoisotopic (exact) mass is 513 g/mol. The molecule has 3 aromatic rings. The van der Waals surface area contributed by atoms with Crippen LogP contribution in [0.3, 0.4) is 0 Å². The highest BCUT2D eigenvalue weighted by atomic mass is 32.1. The smallest absolute Gasteiger partial charge is 0.355 e. The maximum Gasteiger partial charge on any atom is 0.416 e. The highest BCUT2D eigenvalue weighted by molar-refractivity contribution is 7.80. The van der Waals surface area contributed by atoms with Gasteiger partial charge in [-0.3, -0.25) is 0 Å². The van der Waals surface area contributed by atoms with Crippen LogP contribution in [0.25, 0.3) is 11.3 Å². The van der Waals surface area contributed by atoms with Crippen molar-refractivity contribution in [1.29, 1.82) is 0 Å². The number of anilines is 4. The molecule has 1 atom stereocenters. The third-order valence-corrected chi connectivity index (χ3v) is 6.79. The van der Waals surface area contributed by atoms with Gasteiger partial charge in [-0.1, -0.05) is 18.3 Å². The van der Waals surface area contributed by atoms with Gasteiger partial charge in [-0.05, 0) is 51.2 Å². The Morgan fingerprint density at radius 2 is 1.97 bits per heavy atom. The van der Waals surface area contributed by atoms with Gasteiger partial charge in [-0.25, -0.2) is 15.0 Å². The molecule has 36 heavy (non-hydrogen) atoms. The van der Waals surface area contributed by atoms with Crippen LogP contribution in [-0.4, -0.2) is 58.1 Å². The largest absolute Gasteiger partial charge is 0.416 e. The normalized spacial score (nSPS) is 17.8. The molecule has 0 radical (unpaired) electrons. The lowest BCUT2D eigenvalue weighted by atomic mass is 10.0. The number of rotatable bonds is 4. The standard InChI is InChI=1S/C25H26F3N7S/c1-34(2)18-4-3-9-35(14-18)21-8-6-17(13-29-21)31-24-30-12-15-10-22(36)32-20-11-16(25(26,27)28)5-7-19(20)23(15)33-24/h5-8,11-13,18H,3-4,9-10,14H2,1-2H3,(H,32,36)(H,30,31,33). The first-order valence-electron chi connectivity index (χ1n) is 11.7. The molecule has 0 spiro atoms. The fourth-order valence-corrected chi connectivity index (χ4v) is 4.85. The average Bonchev–Trinajstić information content (AvgIpc) is 2.98. The Kier molecular flexibility index (Phi) is 6.52. The Balaban J connectivity index is 1.38. The highest BCUT2D eigenvalue weighted by Gasteiger charge is 2.32. The molecular formula is C25H26F3N7S. The maximum atomic E-state index is 13.3. The molecule has 2 aromatic heterocycles. The molecule has 188 valence electrons. The number of nitrogens with zero attached hydrogens (tertiary/aromatic N) is 5. The van der Waals surface area contributed by atoms with E-state index in [1.54, 1.807) is 12.4 Å². The molecule has 11 heteroatoms. The summed E-state index contributed by atoms with van der Waals surface area (Å²) in [5, 5.41) is 6.09. The number of hydrogen-bond donors (Lipinski definition) is 2.